The molecule has 2 aliphatic heterocycles. The Morgan fingerprint density at radius 1 is 1.36 bits per heavy atom. The average molecular weight is 345 g/mol. The van der Waals surface area contributed by atoms with Crippen LogP contribution in [0, 0.1) is 5.92 Å². The minimum atomic E-state index is 0.00752. The summed E-state index contributed by atoms with van der Waals surface area (Å²) in [5, 5.41) is 0. The van der Waals surface area contributed by atoms with E-state index >= 15 is 0 Å². The Hall–Kier alpha value is -2.12. The number of nitrogens with zero attached hydrogens (tertiary/aromatic N) is 3. The molecule has 2 aliphatic rings. The summed E-state index contributed by atoms with van der Waals surface area (Å²) in [5.41, 5.74) is 1.97. The molecule has 0 N–H and O–H groups in total. The third-order valence-corrected chi connectivity index (χ3v) is 4.85. The van der Waals surface area contributed by atoms with Crippen LogP contribution in [0.3, 0.4) is 0 Å². The van der Waals surface area contributed by atoms with Crippen molar-refractivity contribution in [1.82, 2.24) is 14.5 Å². The number of imidazole rings is 1. The lowest BCUT2D eigenvalue weighted by Gasteiger charge is -2.23. The number of hydrogen-bond acceptors (Lipinski definition) is 5. The number of aromatic nitrogens is 2. The van der Waals surface area contributed by atoms with Gasteiger partial charge in [-0.1, -0.05) is 0 Å². The van der Waals surface area contributed by atoms with Crippen molar-refractivity contribution in [2.45, 2.75) is 39.1 Å². The molecule has 4 rings (SSSR count). The van der Waals surface area contributed by atoms with Gasteiger partial charge >= 0.3 is 0 Å². The maximum absolute atomic E-state index is 12.7. The molecule has 25 heavy (non-hydrogen) atoms. The van der Waals surface area contributed by atoms with Crippen LogP contribution in [-0.2, 0) is 40.6 Å². The maximum atomic E-state index is 12.7. The quantitative estimate of drug-likeness (QED) is 0.828. The number of rotatable bonds is 5. The second-order valence-corrected chi connectivity index (χ2v) is 6.58. The molecule has 0 saturated carbocycles. The van der Waals surface area contributed by atoms with E-state index in [1.54, 1.807) is 6.26 Å². The monoisotopic (exact) mass is 345 g/mol. The van der Waals surface area contributed by atoms with Crippen LogP contribution in [-0.4, -0.2) is 40.1 Å². The molecular formula is C18H23N3O4. The van der Waals surface area contributed by atoms with Crippen molar-refractivity contribution in [1.29, 1.82) is 0 Å². The van der Waals surface area contributed by atoms with E-state index in [2.05, 4.69) is 9.55 Å². The van der Waals surface area contributed by atoms with Crippen molar-refractivity contribution in [2.24, 2.45) is 5.92 Å². The summed E-state index contributed by atoms with van der Waals surface area (Å²) < 4.78 is 18.5. The van der Waals surface area contributed by atoms with Crippen LogP contribution < -0.4 is 0 Å². The number of fused-ring (bicyclic) bond motifs is 1. The first-order chi connectivity index (χ1) is 12.3. The Labute approximate surface area is 146 Å². The number of aryl methyl sites for hydroxylation is 1. The predicted octanol–water partition coefficient (Wildman–Crippen LogP) is 1.96. The molecular weight excluding hydrogens is 322 g/mol. The van der Waals surface area contributed by atoms with Gasteiger partial charge < -0.3 is 23.4 Å². The van der Waals surface area contributed by atoms with Gasteiger partial charge in [-0.2, -0.15) is 0 Å². The van der Waals surface area contributed by atoms with Gasteiger partial charge in [0.05, 0.1) is 49.7 Å². The number of furan rings is 1. The largest absolute Gasteiger partial charge is 0.467 e. The first-order valence-corrected chi connectivity index (χ1v) is 8.81. The summed E-state index contributed by atoms with van der Waals surface area (Å²) in [6.07, 6.45) is 5.26. The highest BCUT2D eigenvalue weighted by Crippen LogP contribution is 2.22. The molecule has 7 heteroatoms. The second kappa shape index (κ2) is 7.41. The molecule has 0 aliphatic carbocycles. The topological polar surface area (TPSA) is 69.7 Å². The van der Waals surface area contributed by atoms with Crippen LogP contribution in [0.5, 0.6) is 0 Å². The fraction of sp³-hybridized carbons (Fsp3) is 0.556. The zero-order valence-electron chi connectivity index (χ0n) is 14.2. The highest BCUT2D eigenvalue weighted by Gasteiger charge is 2.30. The van der Waals surface area contributed by atoms with Gasteiger partial charge in [0.25, 0.3) is 0 Å². The molecule has 7 nitrogen and oxygen atoms in total. The van der Waals surface area contributed by atoms with E-state index in [-0.39, 0.29) is 11.8 Å². The smallest absolute Gasteiger partial charge is 0.228 e. The van der Waals surface area contributed by atoms with Crippen LogP contribution >= 0.6 is 0 Å². The van der Waals surface area contributed by atoms with Gasteiger partial charge in [-0.3, -0.25) is 4.79 Å². The average Bonchev–Trinajstić information content (AvgIpc) is 3.36. The molecule has 0 spiro atoms. The van der Waals surface area contributed by atoms with Gasteiger partial charge in [0.1, 0.15) is 12.4 Å². The van der Waals surface area contributed by atoms with Gasteiger partial charge in [-0.15, -0.1) is 0 Å². The molecule has 2 aromatic rings. The molecule has 2 aromatic heterocycles. The first kappa shape index (κ1) is 16.4. The van der Waals surface area contributed by atoms with E-state index in [0.29, 0.717) is 33.0 Å². The molecule has 1 saturated heterocycles. The zero-order valence-corrected chi connectivity index (χ0v) is 14.2. The van der Waals surface area contributed by atoms with Crippen molar-refractivity contribution in [3.63, 3.8) is 0 Å². The molecule has 4 heterocycles. The molecule has 1 fully saturated rings. The fourth-order valence-corrected chi connectivity index (χ4v) is 3.46. The van der Waals surface area contributed by atoms with E-state index in [9.17, 15) is 4.79 Å². The van der Waals surface area contributed by atoms with Crippen LogP contribution in [0.2, 0.25) is 0 Å². The van der Waals surface area contributed by atoms with Gasteiger partial charge in [-0.25, -0.2) is 4.98 Å². The maximum Gasteiger partial charge on any atom is 0.228 e. The summed E-state index contributed by atoms with van der Waals surface area (Å²) in [7, 11) is 0. The highest BCUT2D eigenvalue weighted by molar-refractivity contribution is 5.79. The lowest BCUT2D eigenvalue weighted by molar-refractivity contribution is -0.136. The van der Waals surface area contributed by atoms with Crippen molar-refractivity contribution < 1.29 is 18.7 Å². The molecule has 0 aromatic carbocycles. The normalized spacial score (nSPS) is 20.5. The molecule has 0 bridgehead atoms. The Bertz CT molecular complexity index is 704. The van der Waals surface area contributed by atoms with Crippen LogP contribution in [0.15, 0.2) is 29.1 Å². The summed E-state index contributed by atoms with van der Waals surface area (Å²) in [5.74, 6) is 1.01. The van der Waals surface area contributed by atoms with E-state index in [0.717, 1.165) is 43.1 Å². The molecule has 0 radical (unpaired) electrons. The Morgan fingerprint density at radius 2 is 2.32 bits per heavy atom. The van der Waals surface area contributed by atoms with E-state index in [1.807, 2.05) is 23.4 Å². The lowest BCUT2D eigenvalue weighted by Crippen LogP contribution is -2.36. The van der Waals surface area contributed by atoms with Gasteiger partial charge in [0, 0.05) is 19.7 Å². The van der Waals surface area contributed by atoms with Crippen LogP contribution in [0.25, 0.3) is 0 Å². The molecule has 1 unspecified atom stereocenters. The summed E-state index contributed by atoms with van der Waals surface area (Å²) >= 11 is 0. The van der Waals surface area contributed by atoms with E-state index < -0.39 is 0 Å². The fourth-order valence-electron chi connectivity index (χ4n) is 3.46. The SMILES string of the molecule is O=C(C1CCOC1)N1CCCn2cnc(COCc3ccco3)c2C1. The Balaban J connectivity index is 1.42. The number of carbonyl (C=O) groups is 1. The van der Waals surface area contributed by atoms with Gasteiger partial charge in [-0.05, 0) is 25.0 Å². The minimum Gasteiger partial charge on any atom is -0.467 e. The van der Waals surface area contributed by atoms with Crippen LogP contribution in [0.1, 0.15) is 30.0 Å². The third kappa shape index (κ3) is 3.62. The third-order valence-electron chi connectivity index (χ3n) is 4.85. The van der Waals surface area contributed by atoms with Crippen molar-refractivity contribution >= 4 is 5.91 Å². The number of carbonyl (C=O) groups excluding carboxylic acids is 1. The molecule has 1 atom stereocenters. The number of amides is 1. The summed E-state index contributed by atoms with van der Waals surface area (Å²) in [6.45, 7) is 4.32. The van der Waals surface area contributed by atoms with Crippen molar-refractivity contribution in [2.75, 3.05) is 19.8 Å². The number of hydrogen-bond donors (Lipinski definition) is 0. The zero-order chi connectivity index (χ0) is 17.1. The Morgan fingerprint density at radius 3 is 3.12 bits per heavy atom. The van der Waals surface area contributed by atoms with Crippen molar-refractivity contribution in [3.8, 4) is 0 Å². The van der Waals surface area contributed by atoms with E-state index in [1.165, 1.54) is 0 Å². The molecule has 1 amide bonds. The first-order valence-electron chi connectivity index (χ1n) is 8.81. The van der Waals surface area contributed by atoms with Gasteiger partial charge in [0.15, 0.2) is 0 Å². The lowest BCUT2D eigenvalue weighted by atomic mass is 10.1. The number of ether oxygens (including phenoxy) is 2. The standard InChI is InChI=1S/C18H23N3O4/c22-18(14-4-8-23-10-14)20-5-2-6-21-13-19-16(17(21)9-20)12-24-11-15-3-1-7-25-15/h1,3,7,13-14H,2,4-6,8-12H2. The summed E-state index contributed by atoms with van der Waals surface area (Å²) in [4.78, 5) is 19.2. The van der Waals surface area contributed by atoms with Crippen molar-refractivity contribution in [3.05, 3.63) is 41.9 Å². The van der Waals surface area contributed by atoms with Gasteiger partial charge in [0.2, 0.25) is 5.91 Å². The summed E-state index contributed by atoms with van der Waals surface area (Å²) in [6, 6.07) is 3.73. The minimum absolute atomic E-state index is 0.00752. The Kier molecular flexibility index (Phi) is 4.85. The second-order valence-electron chi connectivity index (χ2n) is 6.58. The van der Waals surface area contributed by atoms with Crippen LogP contribution in [0.4, 0.5) is 0 Å². The van der Waals surface area contributed by atoms with E-state index in [4.69, 9.17) is 13.9 Å². The predicted molar refractivity (Wildman–Crippen MR) is 88.4 cm³/mol. The highest BCUT2D eigenvalue weighted by atomic mass is 16.5. The molecule has 134 valence electrons.